The Labute approximate surface area is 107 Å². The van der Waals surface area contributed by atoms with Crippen molar-refractivity contribution in [2.75, 3.05) is 31.7 Å². The Bertz CT molecular complexity index is 356. The largest absolute Gasteiger partial charge is 0.383 e. The van der Waals surface area contributed by atoms with Crippen LogP contribution >= 0.6 is 12.2 Å². The zero-order chi connectivity index (χ0) is 12.7. The molecule has 0 spiro atoms. The van der Waals surface area contributed by atoms with Crippen LogP contribution in [-0.2, 0) is 4.74 Å². The summed E-state index contributed by atoms with van der Waals surface area (Å²) in [6.45, 7) is 3.98. The number of nitrogens with one attached hydrogen (secondary N) is 1. The van der Waals surface area contributed by atoms with Crippen LogP contribution in [0.3, 0.4) is 0 Å². The molecule has 0 unspecified atom stereocenters. The minimum Gasteiger partial charge on any atom is -0.383 e. The minimum atomic E-state index is -0.247. The first kappa shape index (κ1) is 13.9. The van der Waals surface area contributed by atoms with Crippen LogP contribution in [0.15, 0.2) is 24.3 Å². The second kappa shape index (κ2) is 7.19. The van der Waals surface area contributed by atoms with Crippen molar-refractivity contribution in [1.29, 1.82) is 0 Å². The summed E-state index contributed by atoms with van der Waals surface area (Å²) >= 11 is 5.27. The van der Waals surface area contributed by atoms with E-state index in [2.05, 4.69) is 5.32 Å². The monoisotopic (exact) mass is 256 g/mol. The van der Waals surface area contributed by atoms with E-state index in [-0.39, 0.29) is 5.82 Å². The van der Waals surface area contributed by atoms with E-state index in [1.807, 2.05) is 11.8 Å². The topological polar surface area (TPSA) is 24.5 Å². The second-order valence-corrected chi connectivity index (χ2v) is 3.83. The number of hydrogen-bond donors (Lipinski definition) is 1. The molecule has 0 saturated carbocycles. The zero-order valence-electron chi connectivity index (χ0n) is 10.1. The van der Waals surface area contributed by atoms with E-state index < -0.39 is 0 Å². The quantitative estimate of drug-likeness (QED) is 0.644. The van der Waals surface area contributed by atoms with E-state index in [0.29, 0.717) is 18.3 Å². The Morgan fingerprint density at radius 3 is 2.59 bits per heavy atom. The van der Waals surface area contributed by atoms with Gasteiger partial charge >= 0.3 is 0 Å². The van der Waals surface area contributed by atoms with Crippen molar-refractivity contribution >= 4 is 23.0 Å². The third-order valence-corrected chi connectivity index (χ3v) is 2.65. The van der Waals surface area contributed by atoms with Gasteiger partial charge in [-0.15, -0.1) is 0 Å². The van der Waals surface area contributed by atoms with E-state index in [9.17, 15) is 4.39 Å². The molecule has 3 nitrogen and oxygen atoms in total. The number of anilines is 1. The Hall–Kier alpha value is -1.20. The normalized spacial score (nSPS) is 10.1. The first-order chi connectivity index (χ1) is 8.19. The highest BCUT2D eigenvalue weighted by Gasteiger charge is 2.09. The van der Waals surface area contributed by atoms with Crippen molar-refractivity contribution in [2.24, 2.45) is 0 Å². The van der Waals surface area contributed by atoms with Crippen molar-refractivity contribution in [3.63, 3.8) is 0 Å². The Morgan fingerprint density at radius 2 is 2.06 bits per heavy atom. The summed E-state index contributed by atoms with van der Waals surface area (Å²) in [6.07, 6.45) is 0. The van der Waals surface area contributed by atoms with Gasteiger partial charge in [0.15, 0.2) is 5.11 Å². The molecular formula is C12H17FN2OS. The van der Waals surface area contributed by atoms with Crippen molar-refractivity contribution in [1.82, 2.24) is 5.32 Å². The number of nitrogens with zero attached hydrogens (tertiary/aromatic N) is 1. The molecule has 0 saturated heterocycles. The van der Waals surface area contributed by atoms with Gasteiger partial charge < -0.3 is 15.0 Å². The summed E-state index contributed by atoms with van der Waals surface area (Å²) in [4.78, 5) is 1.91. The zero-order valence-corrected chi connectivity index (χ0v) is 10.9. The molecular weight excluding hydrogens is 239 g/mol. The molecule has 0 aliphatic carbocycles. The van der Waals surface area contributed by atoms with Crippen molar-refractivity contribution in [2.45, 2.75) is 6.92 Å². The molecule has 1 rings (SSSR count). The molecule has 0 aromatic heterocycles. The number of methoxy groups -OCH3 is 1. The maximum Gasteiger partial charge on any atom is 0.173 e. The van der Waals surface area contributed by atoms with Crippen LogP contribution < -0.4 is 10.2 Å². The summed E-state index contributed by atoms with van der Waals surface area (Å²) in [5.41, 5.74) is 0.879. The minimum absolute atomic E-state index is 0.247. The van der Waals surface area contributed by atoms with Gasteiger partial charge in [0.2, 0.25) is 0 Å². The Balaban J connectivity index is 2.64. The molecule has 0 atom stereocenters. The van der Waals surface area contributed by atoms with E-state index in [4.69, 9.17) is 17.0 Å². The van der Waals surface area contributed by atoms with Gasteiger partial charge in [-0.25, -0.2) is 4.39 Å². The number of halogens is 1. The molecule has 17 heavy (non-hydrogen) atoms. The molecule has 0 amide bonds. The molecule has 0 bridgehead atoms. The summed E-state index contributed by atoms with van der Waals surface area (Å²) in [5.74, 6) is -0.247. The molecule has 94 valence electrons. The third kappa shape index (κ3) is 4.28. The lowest BCUT2D eigenvalue weighted by molar-refractivity contribution is 0.204. The van der Waals surface area contributed by atoms with E-state index >= 15 is 0 Å². The first-order valence-electron chi connectivity index (χ1n) is 5.49. The van der Waals surface area contributed by atoms with Crippen LogP contribution in [0.25, 0.3) is 0 Å². The molecule has 1 aromatic carbocycles. The number of thiocarbonyl (C=S) groups is 1. The van der Waals surface area contributed by atoms with Gasteiger partial charge in [-0.1, -0.05) is 0 Å². The number of hydrogen-bond acceptors (Lipinski definition) is 2. The summed E-state index contributed by atoms with van der Waals surface area (Å²) in [7, 11) is 1.64. The van der Waals surface area contributed by atoms with Gasteiger partial charge in [-0.3, -0.25) is 0 Å². The maximum atomic E-state index is 12.8. The van der Waals surface area contributed by atoms with Crippen LogP contribution in [0.5, 0.6) is 0 Å². The fourth-order valence-electron chi connectivity index (χ4n) is 1.42. The van der Waals surface area contributed by atoms with Gasteiger partial charge in [0.05, 0.1) is 6.61 Å². The second-order valence-electron chi connectivity index (χ2n) is 3.45. The Morgan fingerprint density at radius 1 is 1.41 bits per heavy atom. The molecule has 0 aliphatic rings. The average molecular weight is 256 g/mol. The van der Waals surface area contributed by atoms with Crippen LogP contribution in [0.4, 0.5) is 10.1 Å². The molecule has 1 N–H and O–H groups in total. The highest BCUT2D eigenvalue weighted by molar-refractivity contribution is 7.80. The van der Waals surface area contributed by atoms with Gasteiger partial charge in [0, 0.05) is 25.9 Å². The van der Waals surface area contributed by atoms with Crippen LogP contribution in [-0.4, -0.2) is 31.9 Å². The highest BCUT2D eigenvalue weighted by Crippen LogP contribution is 2.14. The van der Waals surface area contributed by atoms with E-state index in [0.717, 1.165) is 12.2 Å². The van der Waals surface area contributed by atoms with Gasteiger partial charge in [0.25, 0.3) is 0 Å². The van der Waals surface area contributed by atoms with E-state index in [1.165, 1.54) is 12.1 Å². The van der Waals surface area contributed by atoms with Gasteiger partial charge in [-0.2, -0.15) is 0 Å². The van der Waals surface area contributed by atoms with Crippen LogP contribution in [0.1, 0.15) is 6.92 Å². The van der Waals surface area contributed by atoms with Crippen LogP contribution in [0.2, 0.25) is 0 Å². The molecule has 1 aromatic rings. The number of benzene rings is 1. The number of rotatable bonds is 5. The number of ether oxygens (including phenoxy) is 1. The molecule has 5 heteroatoms. The van der Waals surface area contributed by atoms with Gasteiger partial charge in [-0.05, 0) is 43.4 Å². The van der Waals surface area contributed by atoms with Gasteiger partial charge in [0.1, 0.15) is 5.82 Å². The highest BCUT2D eigenvalue weighted by atomic mass is 32.1. The molecule has 0 aliphatic heterocycles. The lowest BCUT2D eigenvalue weighted by atomic mass is 10.3. The molecule has 0 fully saturated rings. The third-order valence-electron chi connectivity index (χ3n) is 2.28. The van der Waals surface area contributed by atoms with E-state index in [1.54, 1.807) is 19.2 Å². The lowest BCUT2D eigenvalue weighted by Gasteiger charge is -2.24. The lowest BCUT2D eigenvalue weighted by Crippen LogP contribution is -2.41. The fourth-order valence-corrected chi connectivity index (χ4v) is 1.76. The standard InChI is InChI=1S/C12H17FN2OS/c1-3-15(12(17)14-8-9-16-2)11-6-4-10(13)5-7-11/h4-7H,3,8-9H2,1-2H3,(H,14,17). The van der Waals surface area contributed by atoms with Crippen molar-refractivity contribution < 1.29 is 9.13 Å². The summed E-state index contributed by atoms with van der Waals surface area (Å²) in [6, 6.07) is 6.28. The first-order valence-corrected chi connectivity index (χ1v) is 5.89. The smallest absolute Gasteiger partial charge is 0.173 e. The summed E-state index contributed by atoms with van der Waals surface area (Å²) < 4.78 is 17.8. The maximum absolute atomic E-state index is 12.8. The van der Waals surface area contributed by atoms with Crippen LogP contribution in [0, 0.1) is 5.82 Å². The average Bonchev–Trinajstić information content (AvgIpc) is 2.33. The fraction of sp³-hybridized carbons (Fsp3) is 0.417. The van der Waals surface area contributed by atoms with Crippen molar-refractivity contribution in [3.8, 4) is 0 Å². The predicted molar refractivity (Wildman–Crippen MR) is 71.9 cm³/mol. The Kier molecular flexibility index (Phi) is 5.86. The summed E-state index contributed by atoms with van der Waals surface area (Å²) in [5, 5.41) is 3.71. The van der Waals surface area contributed by atoms with Crippen molar-refractivity contribution in [3.05, 3.63) is 30.1 Å². The molecule has 0 heterocycles. The SMILES string of the molecule is CCN(C(=S)NCCOC)c1ccc(F)cc1. The predicted octanol–water partition coefficient (Wildman–Crippen LogP) is 2.17. The molecule has 0 radical (unpaired) electrons.